The Hall–Kier alpha value is -1.92. The molecule has 3 aromatic rings. The molecule has 1 N–H and O–H groups in total. The molecule has 3 rings (SSSR count). The number of methoxy groups -OCH3 is 2. The van der Waals surface area contributed by atoms with Gasteiger partial charge >= 0.3 is 29.6 Å². The van der Waals surface area contributed by atoms with E-state index in [9.17, 15) is 9.90 Å². The molecule has 7 heteroatoms. The Balaban J connectivity index is 0.00000243. The van der Waals surface area contributed by atoms with E-state index in [1.165, 1.54) is 26.4 Å². The molecule has 0 atom stereocenters. The van der Waals surface area contributed by atoms with E-state index in [1.54, 1.807) is 12.1 Å². The Morgan fingerprint density at radius 2 is 1.62 bits per heavy atom. The van der Waals surface area contributed by atoms with Crippen LogP contribution in [0, 0.1) is 0 Å². The molecule has 0 heterocycles. The number of fused-ring (bicyclic) bond motifs is 1. The number of ether oxygens (including phenoxy) is 2. The van der Waals surface area contributed by atoms with Crippen LogP contribution in [0.25, 0.3) is 10.8 Å². The minimum Gasteiger partial charge on any atom is -0.872 e. The predicted molar refractivity (Wildman–Crippen MR) is 95.9 cm³/mol. The molecular weight excluding hydrogens is 365 g/mol. The average Bonchev–Trinajstić information content (AvgIpc) is 2.61. The van der Waals surface area contributed by atoms with Crippen LogP contribution in [0.3, 0.4) is 0 Å². The molecule has 0 spiro atoms. The van der Waals surface area contributed by atoms with Crippen molar-refractivity contribution in [2.75, 3.05) is 19.5 Å². The fourth-order valence-electron chi connectivity index (χ4n) is 2.54. The van der Waals surface area contributed by atoms with E-state index >= 15 is 0 Å². The fourth-order valence-corrected chi connectivity index (χ4v) is 2.79. The van der Waals surface area contributed by atoms with Gasteiger partial charge in [0.2, 0.25) is 0 Å². The first-order chi connectivity index (χ1) is 12.0. The van der Waals surface area contributed by atoms with Crippen molar-refractivity contribution in [2.24, 2.45) is 0 Å². The van der Waals surface area contributed by atoms with Crippen LogP contribution < -0.4 is 49.5 Å². The number of halogens is 1. The van der Waals surface area contributed by atoms with Gasteiger partial charge in [0, 0.05) is 11.6 Å². The number of nitrogens with one attached hydrogen (secondary N) is 1. The summed E-state index contributed by atoms with van der Waals surface area (Å²) in [6.45, 7) is 0. The Kier molecular flexibility index (Phi) is 6.78. The summed E-state index contributed by atoms with van der Waals surface area (Å²) in [5.41, 5.74) is 0.401. The largest absolute Gasteiger partial charge is 1.00 e. The summed E-state index contributed by atoms with van der Waals surface area (Å²) in [7, 11) is 2.95. The third-order valence-electron chi connectivity index (χ3n) is 3.81. The topological polar surface area (TPSA) is 70.6 Å². The van der Waals surface area contributed by atoms with E-state index in [1.807, 2.05) is 24.3 Å². The van der Waals surface area contributed by atoms with Crippen LogP contribution in [0.15, 0.2) is 48.5 Å². The first-order valence-corrected chi connectivity index (χ1v) is 7.84. The van der Waals surface area contributed by atoms with Crippen molar-refractivity contribution in [1.82, 2.24) is 0 Å². The zero-order chi connectivity index (χ0) is 18.0. The molecule has 0 saturated heterocycles. The third kappa shape index (κ3) is 4.07. The number of amides is 1. The van der Waals surface area contributed by atoms with Gasteiger partial charge in [0.1, 0.15) is 11.5 Å². The van der Waals surface area contributed by atoms with Gasteiger partial charge in [-0.2, -0.15) is 0 Å². The summed E-state index contributed by atoms with van der Waals surface area (Å²) in [5, 5.41) is 16.8. The third-order valence-corrected chi connectivity index (χ3v) is 4.11. The molecule has 0 aliphatic heterocycles. The quantitative estimate of drug-likeness (QED) is 0.682. The smallest absolute Gasteiger partial charge is 0.872 e. The number of carbonyl (C=O) groups is 1. The van der Waals surface area contributed by atoms with Gasteiger partial charge in [0.15, 0.2) is 0 Å². The summed E-state index contributed by atoms with van der Waals surface area (Å²) in [4.78, 5) is 12.6. The van der Waals surface area contributed by atoms with E-state index in [0.29, 0.717) is 22.2 Å². The number of hydrogen-bond acceptors (Lipinski definition) is 4. The van der Waals surface area contributed by atoms with Crippen molar-refractivity contribution >= 4 is 34.0 Å². The Morgan fingerprint density at radius 3 is 2.23 bits per heavy atom. The fraction of sp³-hybridized carbons (Fsp3) is 0.105. The van der Waals surface area contributed by atoms with E-state index in [2.05, 4.69) is 5.32 Å². The molecule has 0 bridgehead atoms. The normalized spacial score (nSPS) is 10.1. The van der Waals surface area contributed by atoms with Crippen molar-refractivity contribution in [3.63, 3.8) is 0 Å². The van der Waals surface area contributed by atoms with Crippen molar-refractivity contribution < 1.29 is 48.9 Å². The van der Waals surface area contributed by atoms with Crippen molar-refractivity contribution in [3.05, 3.63) is 59.1 Å². The zero-order valence-corrected chi connectivity index (χ0v) is 17.4. The number of hydrogen-bond donors (Lipinski definition) is 1. The van der Waals surface area contributed by atoms with Crippen molar-refractivity contribution in [2.45, 2.75) is 0 Å². The maximum absolute atomic E-state index is 12.6. The van der Waals surface area contributed by atoms with Gasteiger partial charge in [-0.15, -0.1) is 0 Å². The summed E-state index contributed by atoms with van der Waals surface area (Å²) in [6.07, 6.45) is 0. The van der Waals surface area contributed by atoms with Crippen LogP contribution >= 0.6 is 11.6 Å². The first kappa shape index (κ1) is 20.4. The number of anilines is 1. The SMILES string of the molecule is COc1cc(OC)c(NC(=O)c2cc3ccccc3cc2[O-])cc1Cl.[Na+]. The Labute approximate surface area is 178 Å². The summed E-state index contributed by atoms with van der Waals surface area (Å²) < 4.78 is 10.4. The Morgan fingerprint density at radius 1 is 1.00 bits per heavy atom. The molecule has 0 aliphatic rings. The van der Waals surface area contributed by atoms with Gasteiger partial charge < -0.3 is 19.9 Å². The van der Waals surface area contributed by atoms with Gasteiger partial charge in [-0.1, -0.05) is 47.7 Å². The van der Waals surface area contributed by atoms with Crippen LogP contribution in [0.1, 0.15) is 10.4 Å². The van der Waals surface area contributed by atoms with Gasteiger partial charge in [0.25, 0.3) is 5.91 Å². The first-order valence-electron chi connectivity index (χ1n) is 7.46. The monoisotopic (exact) mass is 379 g/mol. The van der Waals surface area contributed by atoms with E-state index in [0.717, 1.165) is 10.8 Å². The second kappa shape index (κ2) is 8.64. The van der Waals surface area contributed by atoms with Gasteiger partial charge in [-0.3, -0.25) is 4.79 Å². The van der Waals surface area contributed by atoms with E-state index in [-0.39, 0.29) is 40.9 Å². The maximum atomic E-state index is 12.6. The van der Waals surface area contributed by atoms with Crippen LogP contribution in [0.4, 0.5) is 5.69 Å². The Bertz CT molecular complexity index is 962. The van der Waals surface area contributed by atoms with Crippen molar-refractivity contribution in [1.29, 1.82) is 0 Å². The van der Waals surface area contributed by atoms with E-state index in [4.69, 9.17) is 21.1 Å². The van der Waals surface area contributed by atoms with Crippen LogP contribution in [-0.2, 0) is 0 Å². The van der Waals surface area contributed by atoms with Gasteiger partial charge in [-0.25, -0.2) is 0 Å². The molecule has 1 amide bonds. The maximum Gasteiger partial charge on any atom is 1.00 e. The van der Waals surface area contributed by atoms with Gasteiger partial charge in [-0.05, 0) is 22.9 Å². The number of rotatable bonds is 4. The molecular formula is C19H15ClNNaO4. The molecule has 5 nitrogen and oxygen atoms in total. The summed E-state index contributed by atoms with van der Waals surface area (Å²) >= 11 is 6.10. The molecule has 3 aromatic carbocycles. The number of benzene rings is 3. The van der Waals surface area contributed by atoms with Gasteiger partial charge in [0.05, 0.1) is 24.9 Å². The molecule has 0 radical (unpaired) electrons. The molecule has 0 aromatic heterocycles. The second-order valence-corrected chi connectivity index (χ2v) is 5.74. The summed E-state index contributed by atoms with van der Waals surface area (Å²) in [6, 6.07) is 13.5. The average molecular weight is 380 g/mol. The van der Waals surface area contributed by atoms with E-state index < -0.39 is 5.91 Å². The zero-order valence-electron chi connectivity index (χ0n) is 14.6. The van der Waals surface area contributed by atoms with Crippen LogP contribution in [0.5, 0.6) is 17.2 Å². The predicted octanol–water partition coefficient (Wildman–Crippen LogP) is 0.840. The minimum absolute atomic E-state index is 0. The number of carbonyl (C=O) groups excluding carboxylic acids is 1. The molecule has 0 unspecified atom stereocenters. The second-order valence-electron chi connectivity index (χ2n) is 5.34. The summed E-state index contributed by atoms with van der Waals surface area (Å²) in [5.74, 6) is -0.0837. The van der Waals surface area contributed by atoms with Crippen molar-refractivity contribution in [3.8, 4) is 17.2 Å². The van der Waals surface area contributed by atoms with Crippen LogP contribution in [0.2, 0.25) is 5.02 Å². The standard InChI is InChI=1S/C19H16ClNO4.Na/c1-24-17-10-18(25-2)15(9-14(17)20)21-19(23)13-7-11-5-3-4-6-12(11)8-16(13)22;/h3-10,22H,1-2H3,(H,21,23);/q;+1/p-1. The molecule has 128 valence electrons. The minimum atomic E-state index is -0.532. The molecule has 0 aliphatic carbocycles. The molecule has 0 fully saturated rings. The molecule has 0 saturated carbocycles. The van der Waals surface area contributed by atoms with Crippen LogP contribution in [-0.4, -0.2) is 20.1 Å². The molecule has 26 heavy (non-hydrogen) atoms.